The van der Waals surface area contributed by atoms with Gasteiger partial charge in [-0.2, -0.15) is 5.26 Å². The minimum absolute atomic E-state index is 0.000278. The van der Waals surface area contributed by atoms with Gasteiger partial charge in [0.25, 0.3) is 0 Å². The predicted octanol–water partition coefficient (Wildman–Crippen LogP) is 0.780. The van der Waals surface area contributed by atoms with E-state index in [1.54, 1.807) is 0 Å². The monoisotopic (exact) mass is 168 g/mol. The number of aliphatic hydroxyl groups is 1. The topological polar surface area (TPSA) is 70.0 Å². The number of nitrogens with zero attached hydrogens (tertiary/aromatic N) is 1. The lowest BCUT2D eigenvalue weighted by atomic mass is 9.70. The van der Waals surface area contributed by atoms with Crippen LogP contribution in [0, 0.1) is 16.7 Å². The highest BCUT2D eigenvalue weighted by molar-refractivity contribution is 5.08. The molecule has 12 heavy (non-hydrogen) atoms. The van der Waals surface area contributed by atoms with E-state index < -0.39 is 5.54 Å². The van der Waals surface area contributed by atoms with E-state index in [4.69, 9.17) is 16.1 Å². The summed E-state index contributed by atoms with van der Waals surface area (Å²) in [6.45, 7) is 2.25. The molecule has 68 valence electrons. The molecule has 3 nitrogen and oxygen atoms in total. The van der Waals surface area contributed by atoms with Crippen LogP contribution >= 0.6 is 0 Å². The van der Waals surface area contributed by atoms with E-state index in [-0.39, 0.29) is 12.0 Å². The third-order valence-corrected chi connectivity index (χ3v) is 2.95. The molecule has 0 radical (unpaired) electrons. The summed E-state index contributed by atoms with van der Waals surface area (Å²) in [5.74, 6) is 0. The normalized spacial score (nSPS) is 42.2. The maximum absolute atomic E-state index is 9.07. The van der Waals surface area contributed by atoms with E-state index >= 15 is 0 Å². The zero-order valence-electron chi connectivity index (χ0n) is 7.51. The lowest BCUT2D eigenvalue weighted by Gasteiger charge is -2.38. The molecular weight excluding hydrogens is 152 g/mol. The van der Waals surface area contributed by atoms with Gasteiger partial charge >= 0.3 is 0 Å². The molecule has 0 aliphatic heterocycles. The average Bonchev–Trinajstić information content (AvgIpc) is 2.11. The summed E-state index contributed by atoms with van der Waals surface area (Å²) in [5.41, 5.74) is 5.16. The van der Waals surface area contributed by atoms with E-state index in [1.165, 1.54) is 0 Å². The van der Waals surface area contributed by atoms with E-state index in [1.807, 2.05) is 6.92 Å². The van der Waals surface area contributed by atoms with Gasteiger partial charge in [-0.25, -0.2) is 0 Å². The zero-order valence-corrected chi connectivity index (χ0v) is 7.51. The molecule has 3 N–H and O–H groups in total. The van der Waals surface area contributed by atoms with Crippen molar-refractivity contribution >= 4 is 0 Å². The fourth-order valence-corrected chi connectivity index (χ4v) is 1.57. The Hall–Kier alpha value is -0.590. The molecule has 1 fully saturated rings. The number of nitriles is 1. The van der Waals surface area contributed by atoms with E-state index in [0.29, 0.717) is 12.8 Å². The summed E-state index contributed by atoms with van der Waals surface area (Å²) in [7, 11) is 0. The number of hydrogen-bond donors (Lipinski definition) is 2. The highest BCUT2D eigenvalue weighted by atomic mass is 16.3. The third-order valence-electron chi connectivity index (χ3n) is 2.95. The predicted molar refractivity (Wildman–Crippen MR) is 46.2 cm³/mol. The molecule has 1 aliphatic rings. The van der Waals surface area contributed by atoms with Crippen LogP contribution in [0.2, 0.25) is 0 Å². The molecule has 0 bridgehead atoms. The Bertz CT molecular complexity index is 199. The van der Waals surface area contributed by atoms with Gasteiger partial charge < -0.3 is 10.8 Å². The van der Waals surface area contributed by atoms with Crippen LogP contribution < -0.4 is 5.73 Å². The Labute approximate surface area is 73.2 Å². The quantitative estimate of drug-likeness (QED) is 0.608. The Morgan fingerprint density at radius 3 is 2.25 bits per heavy atom. The second-order valence-corrected chi connectivity index (χ2v) is 4.24. The van der Waals surface area contributed by atoms with E-state index in [2.05, 4.69) is 6.07 Å². The fraction of sp³-hybridized carbons (Fsp3) is 0.889. The summed E-state index contributed by atoms with van der Waals surface area (Å²) < 4.78 is 0. The number of aliphatic hydroxyl groups excluding tert-OH is 1. The van der Waals surface area contributed by atoms with Crippen molar-refractivity contribution in [3.05, 3.63) is 0 Å². The van der Waals surface area contributed by atoms with Gasteiger partial charge in [-0.05, 0) is 31.1 Å². The van der Waals surface area contributed by atoms with Gasteiger partial charge in [0, 0.05) is 6.61 Å². The fourth-order valence-electron chi connectivity index (χ4n) is 1.57. The highest BCUT2D eigenvalue weighted by Gasteiger charge is 2.37. The highest BCUT2D eigenvalue weighted by Crippen LogP contribution is 2.38. The maximum atomic E-state index is 9.07. The van der Waals surface area contributed by atoms with Crippen LogP contribution in [0.5, 0.6) is 0 Å². The van der Waals surface area contributed by atoms with Crippen molar-refractivity contribution in [2.75, 3.05) is 6.61 Å². The first-order valence-corrected chi connectivity index (χ1v) is 4.35. The van der Waals surface area contributed by atoms with Crippen molar-refractivity contribution in [3.8, 4) is 6.07 Å². The lowest BCUT2D eigenvalue weighted by Crippen LogP contribution is -2.45. The number of hydrogen-bond acceptors (Lipinski definition) is 3. The van der Waals surface area contributed by atoms with Gasteiger partial charge in [0.05, 0.1) is 6.07 Å². The van der Waals surface area contributed by atoms with Gasteiger partial charge in [-0.15, -0.1) is 0 Å². The molecule has 3 heteroatoms. The smallest absolute Gasteiger partial charge is 0.104 e. The van der Waals surface area contributed by atoms with Crippen molar-refractivity contribution in [2.24, 2.45) is 11.1 Å². The standard InChI is InChI=1S/C9H16N2O/c1-8(7-12)2-4-9(11,6-10)5-3-8/h12H,2-5,7,11H2,1H3. The molecule has 0 aromatic carbocycles. The number of nitrogens with two attached hydrogens (primary N) is 1. The van der Waals surface area contributed by atoms with Crippen molar-refractivity contribution in [2.45, 2.75) is 38.1 Å². The zero-order chi connectivity index (χ0) is 9.24. The van der Waals surface area contributed by atoms with Crippen LogP contribution in [0.1, 0.15) is 32.6 Å². The molecule has 0 spiro atoms. The van der Waals surface area contributed by atoms with Crippen LogP contribution in [0.3, 0.4) is 0 Å². The van der Waals surface area contributed by atoms with Gasteiger partial charge in [0.15, 0.2) is 0 Å². The average molecular weight is 168 g/mol. The molecule has 0 heterocycles. The summed E-state index contributed by atoms with van der Waals surface area (Å²) in [5, 5.41) is 17.8. The van der Waals surface area contributed by atoms with Crippen LogP contribution in [0.4, 0.5) is 0 Å². The number of rotatable bonds is 1. The summed E-state index contributed by atoms with van der Waals surface area (Å²) >= 11 is 0. The summed E-state index contributed by atoms with van der Waals surface area (Å²) in [6.07, 6.45) is 3.13. The Balaban J connectivity index is 2.56. The Morgan fingerprint density at radius 2 is 1.92 bits per heavy atom. The molecule has 1 aliphatic carbocycles. The first-order chi connectivity index (χ1) is 5.54. The molecule has 1 rings (SSSR count). The summed E-state index contributed by atoms with van der Waals surface area (Å²) in [6, 6.07) is 2.14. The second-order valence-electron chi connectivity index (χ2n) is 4.24. The van der Waals surface area contributed by atoms with Gasteiger partial charge in [-0.1, -0.05) is 6.92 Å². The van der Waals surface area contributed by atoms with Crippen molar-refractivity contribution in [1.82, 2.24) is 0 Å². The van der Waals surface area contributed by atoms with Crippen molar-refractivity contribution in [1.29, 1.82) is 5.26 Å². The van der Waals surface area contributed by atoms with Crippen molar-refractivity contribution < 1.29 is 5.11 Å². The Kier molecular flexibility index (Phi) is 2.41. The van der Waals surface area contributed by atoms with E-state index in [0.717, 1.165) is 12.8 Å². The van der Waals surface area contributed by atoms with Crippen LogP contribution in [0.25, 0.3) is 0 Å². The van der Waals surface area contributed by atoms with E-state index in [9.17, 15) is 0 Å². The van der Waals surface area contributed by atoms with Gasteiger partial charge in [-0.3, -0.25) is 0 Å². The van der Waals surface area contributed by atoms with Crippen molar-refractivity contribution in [3.63, 3.8) is 0 Å². The molecule has 0 unspecified atom stereocenters. The summed E-state index contributed by atoms with van der Waals surface area (Å²) in [4.78, 5) is 0. The minimum atomic E-state index is -0.630. The molecule has 0 aromatic heterocycles. The molecule has 0 aromatic rings. The SMILES string of the molecule is CC1(CO)CCC(N)(C#N)CC1. The molecule has 0 amide bonds. The van der Waals surface area contributed by atoms with Crippen LogP contribution in [-0.2, 0) is 0 Å². The van der Waals surface area contributed by atoms with Gasteiger partial charge in [0.1, 0.15) is 5.54 Å². The van der Waals surface area contributed by atoms with Crippen LogP contribution in [0.15, 0.2) is 0 Å². The molecule has 0 saturated heterocycles. The minimum Gasteiger partial charge on any atom is -0.396 e. The largest absolute Gasteiger partial charge is 0.396 e. The first-order valence-electron chi connectivity index (χ1n) is 4.35. The van der Waals surface area contributed by atoms with Crippen LogP contribution in [-0.4, -0.2) is 17.3 Å². The molecular formula is C9H16N2O. The second kappa shape index (κ2) is 3.04. The molecule has 0 atom stereocenters. The van der Waals surface area contributed by atoms with Gasteiger partial charge in [0.2, 0.25) is 0 Å². The first kappa shape index (κ1) is 9.50. The molecule has 1 saturated carbocycles. The lowest BCUT2D eigenvalue weighted by molar-refractivity contribution is 0.0834. The Morgan fingerprint density at radius 1 is 1.42 bits per heavy atom. The maximum Gasteiger partial charge on any atom is 0.104 e. The third kappa shape index (κ3) is 1.77.